The van der Waals surface area contributed by atoms with E-state index in [1.807, 2.05) is 0 Å². The van der Waals surface area contributed by atoms with Crippen molar-refractivity contribution in [2.24, 2.45) is 0 Å². The smallest absolute Gasteiger partial charge is 0.230 e. The number of benzene rings is 1. The van der Waals surface area contributed by atoms with E-state index in [-0.39, 0.29) is 11.4 Å². The molecule has 0 aliphatic rings. The summed E-state index contributed by atoms with van der Waals surface area (Å²) in [6.45, 7) is 0. The van der Waals surface area contributed by atoms with E-state index in [1.54, 1.807) is 6.07 Å². The van der Waals surface area contributed by atoms with Gasteiger partial charge in [0.1, 0.15) is 5.52 Å². The first-order valence-electron chi connectivity index (χ1n) is 3.47. The van der Waals surface area contributed by atoms with Crippen LogP contribution in [-0.4, -0.2) is 15.1 Å². The van der Waals surface area contributed by atoms with Crippen LogP contribution in [0.15, 0.2) is 22.8 Å². The zero-order valence-electron chi connectivity index (χ0n) is 6.33. The monoisotopic (exact) mass is 242 g/mol. The third-order valence-corrected chi connectivity index (χ3v) is 2.01. The van der Waals surface area contributed by atoms with Crippen LogP contribution in [0.5, 0.6) is 5.88 Å². The van der Waals surface area contributed by atoms with Crippen LogP contribution in [0.2, 0.25) is 0 Å². The minimum atomic E-state index is -0.507. The van der Waals surface area contributed by atoms with Crippen LogP contribution in [0, 0.1) is 5.82 Å². The molecular formula is C8H4BrFN2O. The highest BCUT2D eigenvalue weighted by Crippen LogP contribution is 2.21. The Morgan fingerprint density at radius 2 is 2.15 bits per heavy atom. The van der Waals surface area contributed by atoms with Gasteiger partial charge in [0, 0.05) is 4.47 Å². The molecule has 5 heteroatoms. The zero-order valence-corrected chi connectivity index (χ0v) is 7.92. The lowest BCUT2D eigenvalue weighted by atomic mass is 10.3. The van der Waals surface area contributed by atoms with Crippen molar-refractivity contribution in [2.45, 2.75) is 0 Å². The first kappa shape index (κ1) is 8.37. The molecule has 1 aromatic carbocycles. The summed E-state index contributed by atoms with van der Waals surface area (Å²) in [6, 6.07) is 2.90. The van der Waals surface area contributed by atoms with E-state index in [4.69, 9.17) is 5.11 Å². The molecule has 0 aliphatic carbocycles. The van der Waals surface area contributed by atoms with Gasteiger partial charge in [-0.1, -0.05) is 15.9 Å². The molecule has 0 saturated carbocycles. The number of aromatic nitrogens is 2. The van der Waals surface area contributed by atoms with Gasteiger partial charge in [0.2, 0.25) is 5.88 Å². The van der Waals surface area contributed by atoms with Crippen molar-refractivity contribution in [1.29, 1.82) is 0 Å². The summed E-state index contributed by atoms with van der Waals surface area (Å²) in [5.74, 6) is -0.790. The maximum atomic E-state index is 13.2. The topological polar surface area (TPSA) is 46.0 Å². The van der Waals surface area contributed by atoms with Crippen LogP contribution in [0.1, 0.15) is 0 Å². The largest absolute Gasteiger partial charge is 0.492 e. The van der Waals surface area contributed by atoms with Gasteiger partial charge in [-0.05, 0) is 12.1 Å². The minimum absolute atomic E-state index is 0.0724. The molecule has 0 saturated heterocycles. The molecule has 2 aromatic rings. The van der Waals surface area contributed by atoms with Crippen LogP contribution in [0.3, 0.4) is 0 Å². The normalized spacial score (nSPS) is 10.6. The highest BCUT2D eigenvalue weighted by Gasteiger charge is 2.05. The highest BCUT2D eigenvalue weighted by atomic mass is 79.9. The third-order valence-electron chi connectivity index (χ3n) is 1.55. The number of halogens is 2. The first-order chi connectivity index (χ1) is 6.16. The highest BCUT2D eigenvalue weighted by molar-refractivity contribution is 9.10. The van der Waals surface area contributed by atoms with E-state index in [2.05, 4.69) is 25.9 Å². The number of fused-ring (bicyclic) bond motifs is 1. The lowest BCUT2D eigenvalue weighted by Crippen LogP contribution is -1.87. The van der Waals surface area contributed by atoms with Gasteiger partial charge in [-0.3, -0.25) is 0 Å². The molecular weight excluding hydrogens is 239 g/mol. The Kier molecular flexibility index (Phi) is 1.88. The van der Waals surface area contributed by atoms with Gasteiger partial charge in [-0.15, -0.1) is 0 Å². The summed E-state index contributed by atoms with van der Waals surface area (Å²) >= 11 is 3.13. The fourth-order valence-corrected chi connectivity index (χ4v) is 1.45. The Morgan fingerprint density at radius 1 is 1.38 bits per heavy atom. The van der Waals surface area contributed by atoms with Crippen molar-refractivity contribution < 1.29 is 9.50 Å². The van der Waals surface area contributed by atoms with Gasteiger partial charge in [-0.25, -0.2) is 14.4 Å². The zero-order chi connectivity index (χ0) is 9.42. The van der Waals surface area contributed by atoms with E-state index < -0.39 is 5.82 Å². The molecule has 0 fully saturated rings. The van der Waals surface area contributed by atoms with Crippen LogP contribution in [0.25, 0.3) is 11.0 Å². The van der Waals surface area contributed by atoms with E-state index in [1.165, 1.54) is 12.3 Å². The van der Waals surface area contributed by atoms with E-state index in [0.717, 1.165) is 0 Å². The average Bonchev–Trinajstić information content (AvgIpc) is 2.06. The molecule has 3 nitrogen and oxygen atoms in total. The summed E-state index contributed by atoms with van der Waals surface area (Å²) in [4.78, 5) is 7.43. The predicted octanol–water partition coefficient (Wildman–Crippen LogP) is 2.24. The quantitative estimate of drug-likeness (QED) is 0.771. The van der Waals surface area contributed by atoms with Gasteiger partial charge in [0.25, 0.3) is 0 Å². The average molecular weight is 243 g/mol. The lowest BCUT2D eigenvalue weighted by Gasteiger charge is -1.99. The van der Waals surface area contributed by atoms with Gasteiger partial charge in [-0.2, -0.15) is 0 Å². The second-order valence-electron chi connectivity index (χ2n) is 2.48. The Hall–Kier alpha value is -1.23. The van der Waals surface area contributed by atoms with Crippen LogP contribution in [-0.2, 0) is 0 Å². The fraction of sp³-hybridized carbons (Fsp3) is 0. The van der Waals surface area contributed by atoms with E-state index in [9.17, 15) is 4.39 Å². The molecule has 0 aliphatic heterocycles. The number of hydrogen-bond acceptors (Lipinski definition) is 3. The second-order valence-corrected chi connectivity index (χ2v) is 3.40. The first-order valence-corrected chi connectivity index (χ1v) is 4.27. The Bertz CT molecular complexity index is 475. The molecule has 0 unspecified atom stereocenters. The molecule has 0 radical (unpaired) electrons. The lowest BCUT2D eigenvalue weighted by molar-refractivity contribution is 0.452. The van der Waals surface area contributed by atoms with Crippen LogP contribution < -0.4 is 0 Å². The SMILES string of the molecule is Oc1cnc2cc(Br)cc(F)c2n1. The molecule has 0 atom stereocenters. The predicted molar refractivity (Wildman–Crippen MR) is 48.9 cm³/mol. The third kappa shape index (κ3) is 1.47. The molecule has 1 N–H and O–H groups in total. The van der Waals surface area contributed by atoms with Crippen molar-refractivity contribution >= 4 is 27.0 Å². The van der Waals surface area contributed by atoms with Crippen molar-refractivity contribution in [3.05, 3.63) is 28.6 Å². The van der Waals surface area contributed by atoms with Gasteiger partial charge < -0.3 is 5.11 Å². The number of rotatable bonds is 0. The molecule has 13 heavy (non-hydrogen) atoms. The van der Waals surface area contributed by atoms with Crippen LogP contribution >= 0.6 is 15.9 Å². The van der Waals surface area contributed by atoms with Crippen molar-refractivity contribution in [3.63, 3.8) is 0 Å². The number of aromatic hydroxyl groups is 1. The van der Waals surface area contributed by atoms with Gasteiger partial charge in [0.15, 0.2) is 5.82 Å². The minimum Gasteiger partial charge on any atom is -0.492 e. The summed E-state index contributed by atoms with van der Waals surface area (Å²) in [5.41, 5.74) is 0.480. The van der Waals surface area contributed by atoms with Gasteiger partial charge in [0.05, 0.1) is 11.7 Å². The van der Waals surface area contributed by atoms with Crippen molar-refractivity contribution in [2.75, 3.05) is 0 Å². The Balaban J connectivity index is 2.87. The van der Waals surface area contributed by atoms with Gasteiger partial charge >= 0.3 is 0 Å². The second kappa shape index (κ2) is 2.92. The maximum absolute atomic E-state index is 13.2. The Morgan fingerprint density at radius 3 is 2.92 bits per heavy atom. The fourth-order valence-electron chi connectivity index (χ4n) is 1.03. The maximum Gasteiger partial charge on any atom is 0.230 e. The number of nitrogens with zero attached hydrogens (tertiary/aromatic N) is 2. The Labute approximate surface area is 81.4 Å². The van der Waals surface area contributed by atoms with Crippen molar-refractivity contribution in [1.82, 2.24) is 9.97 Å². The summed E-state index contributed by atoms with van der Waals surface area (Å²) in [7, 11) is 0. The van der Waals surface area contributed by atoms with E-state index in [0.29, 0.717) is 9.99 Å². The van der Waals surface area contributed by atoms with Crippen LogP contribution in [0.4, 0.5) is 4.39 Å². The molecule has 1 aromatic heterocycles. The molecule has 66 valence electrons. The summed E-state index contributed by atoms with van der Waals surface area (Å²) in [5, 5.41) is 8.97. The molecule has 1 heterocycles. The van der Waals surface area contributed by atoms with E-state index >= 15 is 0 Å². The summed E-state index contributed by atoms with van der Waals surface area (Å²) < 4.78 is 13.8. The standard InChI is InChI=1S/C8H4BrFN2O/c9-4-1-5(10)8-6(2-4)11-3-7(13)12-8/h1-3H,(H,12,13). The van der Waals surface area contributed by atoms with Crippen molar-refractivity contribution in [3.8, 4) is 5.88 Å². The molecule has 0 spiro atoms. The number of hydrogen-bond donors (Lipinski definition) is 1. The molecule has 2 rings (SSSR count). The summed E-state index contributed by atoms with van der Waals surface area (Å²) in [6.07, 6.45) is 1.17. The molecule has 0 amide bonds. The molecule has 0 bridgehead atoms.